The second-order valence-corrected chi connectivity index (χ2v) is 36.2. The van der Waals surface area contributed by atoms with Crippen molar-refractivity contribution < 1.29 is 28.7 Å². The van der Waals surface area contributed by atoms with E-state index >= 15 is 0 Å². The Morgan fingerprint density at radius 3 is 0.861 bits per heavy atom. The molecule has 72 heavy (non-hydrogen) atoms. The topological polar surface area (TPSA) is 117 Å². The third-order valence-corrected chi connectivity index (χ3v) is 26.1. The highest BCUT2D eigenvalue weighted by molar-refractivity contribution is 9.44. The van der Waals surface area contributed by atoms with Gasteiger partial charge in [0.05, 0.1) is 0 Å². The number of halogens is 2. The molecule has 14 heteroatoms. The zero-order valence-corrected chi connectivity index (χ0v) is 51.4. The number of nitrogens with zero attached hydrogens (tertiary/aromatic N) is 2. The number of nitrogens with one attached hydrogen (secondary N) is 2. The van der Waals surface area contributed by atoms with Crippen molar-refractivity contribution in [1.29, 1.82) is 0 Å². The summed E-state index contributed by atoms with van der Waals surface area (Å²) >= 11 is 8.44. The van der Waals surface area contributed by atoms with Crippen LogP contribution in [0.3, 0.4) is 0 Å². The maximum Gasteiger partial charge on any atom is 0.410 e. The van der Waals surface area contributed by atoms with Crippen LogP contribution in [-0.4, -0.2) is 82.7 Å². The number of ether oxygens (including phenoxy) is 2. The van der Waals surface area contributed by atoms with Crippen molar-refractivity contribution in [2.75, 3.05) is 14.1 Å². The highest BCUT2D eigenvalue weighted by Gasteiger charge is 2.53. The van der Waals surface area contributed by atoms with E-state index in [1.165, 1.54) is 9.80 Å². The summed E-state index contributed by atoms with van der Waals surface area (Å²) in [7, 11) is 3.29. The Balaban J connectivity index is 0.000000380. The lowest BCUT2D eigenvalue weighted by Crippen LogP contribution is -2.57. The van der Waals surface area contributed by atoms with E-state index in [2.05, 4.69) is 118 Å². The molecule has 0 aliphatic carbocycles. The average Bonchev–Trinajstić information content (AvgIpc) is 3.27. The molecule has 0 spiro atoms. The van der Waals surface area contributed by atoms with Crippen LogP contribution >= 0.6 is 42.9 Å². The fourth-order valence-electron chi connectivity index (χ4n) is 8.74. The van der Waals surface area contributed by atoms with Gasteiger partial charge in [0.1, 0.15) is 44.5 Å². The fraction of sp³-hybridized carbons (Fsp3) is 0.517. The van der Waals surface area contributed by atoms with E-state index in [1.807, 2.05) is 156 Å². The summed E-state index contributed by atoms with van der Waals surface area (Å²) in [6.45, 7) is 31.5. The molecule has 396 valence electrons. The summed E-state index contributed by atoms with van der Waals surface area (Å²) in [4.78, 5) is 56.9. The molecule has 0 saturated heterocycles. The minimum atomic E-state index is -2.23. The van der Waals surface area contributed by atoms with Gasteiger partial charge >= 0.3 is 12.2 Å². The molecule has 4 aromatic rings. The highest BCUT2D eigenvalue weighted by atomic mass is 79.9. The first-order valence-corrected chi connectivity index (χ1v) is 32.8. The third kappa shape index (κ3) is 17.7. The summed E-state index contributed by atoms with van der Waals surface area (Å²) in [5, 5.41) is 11.5. The van der Waals surface area contributed by atoms with Gasteiger partial charge < -0.3 is 20.1 Å². The van der Waals surface area contributed by atoms with Crippen LogP contribution in [-0.2, 0) is 19.1 Å². The number of hydrogen-bond donors (Lipinski definition) is 2. The first kappa shape index (κ1) is 62.5. The van der Waals surface area contributed by atoms with Gasteiger partial charge in [-0.1, -0.05) is 142 Å². The number of benzene rings is 4. The van der Waals surface area contributed by atoms with Crippen molar-refractivity contribution in [3.63, 3.8) is 0 Å². The average molecular weight is 1160 g/mol. The Labute approximate surface area is 451 Å². The molecule has 0 saturated carbocycles. The van der Waals surface area contributed by atoms with E-state index in [1.54, 1.807) is 14.1 Å². The lowest BCUT2D eigenvalue weighted by Gasteiger charge is -2.39. The van der Waals surface area contributed by atoms with E-state index in [4.69, 9.17) is 9.47 Å². The number of rotatable bonds is 16. The van der Waals surface area contributed by atoms with Gasteiger partial charge in [-0.15, -0.1) is 0 Å². The van der Waals surface area contributed by atoms with Gasteiger partial charge in [0.25, 0.3) is 0 Å². The maximum atomic E-state index is 14.0. The van der Waals surface area contributed by atoms with Gasteiger partial charge in [-0.05, 0) is 113 Å². The first-order valence-electron chi connectivity index (χ1n) is 25.1. The number of carbonyl (C=O) groups is 4. The zero-order chi connectivity index (χ0) is 54.6. The third-order valence-electron chi connectivity index (χ3n) is 11.7. The Hall–Kier alpha value is -3.82. The van der Waals surface area contributed by atoms with E-state index in [-0.39, 0.29) is 23.4 Å². The van der Waals surface area contributed by atoms with Crippen LogP contribution in [0.1, 0.15) is 124 Å². The van der Waals surface area contributed by atoms with Gasteiger partial charge in [0.2, 0.25) is 11.8 Å². The maximum absolute atomic E-state index is 14.0. The van der Waals surface area contributed by atoms with Crippen LogP contribution in [0.2, 0.25) is 0 Å². The molecule has 0 heterocycles. The van der Waals surface area contributed by atoms with Gasteiger partial charge in [-0.25, -0.2) is 9.59 Å². The molecule has 4 rings (SSSR count). The van der Waals surface area contributed by atoms with Crippen molar-refractivity contribution in [1.82, 2.24) is 20.4 Å². The summed E-state index contributed by atoms with van der Waals surface area (Å²) in [5.41, 5.74) is -2.32. The highest BCUT2D eigenvalue weighted by Crippen LogP contribution is 2.69. The Morgan fingerprint density at radius 1 is 0.458 bits per heavy atom. The number of carbonyl (C=O) groups excluding carboxylic acids is 4. The molecule has 10 nitrogen and oxygen atoms in total. The van der Waals surface area contributed by atoms with Gasteiger partial charge in [-0.3, -0.25) is 19.4 Å². The van der Waals surface area contributed by atoms with Crippen LogP contribution in [0.5, 0.6) is 0 Å². The summed E-state index contributed by atoms with van der Waals surface area (Å²) in [6, 6.07) is 39.9. The SMILES string of the molecule is CC(C)CC(NC(=O)[C@@H](N(C)C(=O)OC(C)(C)C)C(C)(C)C)[P+](Br)(c1ccccc1)c1ccccc1.CC(C)CC(NC(=O)[C@@H](N(C)C(=O)OC(C)(C)C)C(C)(C)C)[P+](Br)(c1ccccc1)c1ccccc1. The second kappa shape index (κ2) is 26.1. The zero-order valence-electron chi connectivity index (χ0n) is 46.4. The van der Waals surface area contributed by atoms with Crippen LogP contribution in [0, 0.1) is 22.7 Å². The lowest BCUT2D eigenvalue weighted by atomic mass is 9.85. The molecule has 0 bridgehead atoms. The van der Waals surface area contributed by atoms with Gasteiger partial charge in [0, 0.05) is 26.9 Å². The molecule has 4 atom stereocenters. The van der Waals surface area contributed by atoms with Gasteiger partial charge in [-0.2, -0.15) is 0 Å². The Bertz CT molecular complexity index is 2090. The predicted octanol–water partition coefficient (Wildman–Crippen LogP) is 13.5. The molecule has 0 fully saturated rings. The molecule has 0 aliphatic rings. The normalized spacial score (nSPS) is 14.2. The van der Waals surface area contributed by atoms with E-state index in [9.17, 15) is 19.2 Å². The van der Waals surface area contributed by atoms with Crippen LogP contribution in [0.4, 0.5) is 9.59 Å². The number of amides is 4. The smallest absolute Gasteiger partial charge is 0.410 e. The van der Waals surface area contributed by atoms with Crippen molar-refractivity contribution in [2.24, 2.45) is 22.7 Å². The molecule has 4 aromatic carbocycles. The molecule has 0 aliphatic heterocycles. The summed E-state index contributed by atoms with van der Waals surface area (Å²) in [5.74, 6) is -4.48. The molecular weight excluding hydrogens is 1070 g/mol. The van der Waals surface area contributed by atoms with Crippen molar-refractivity contribution in [2.45, 2.75) is 158 Å². The predicted molar refractivity (Wildman–Crippen MR) is 313 cm³/mol. The monoisotopic (exact) mass is 1150 g/mol. The molecular formula is C58H86Br2N4O6P2+2. The van der Waals surface area contributed by atoms with E-state index < -0.39 is 58.2 Å². The molecule has 2 unspecified atom stereocenters. The first-order chi connectivity index (χ1) is 33.1. The minimum Gasteiger partial charge on any atom is -0.444 e. The van der Waals surface area contributed by atoms with Crippen molar-refractivity contribution >= 4 is 88.1 Å². The Kier molecular flexibility index (Phi) is 22.6. The quantitative estimate of drug-likeness (QED) is 0.108. The van der Waals surface area contributed by atoms with Crippen molar-refractivity contribution in [3.05, 3.63) is 121 Å². The van der Waals surface area contributed by atoms with Crippen molar-refractivity contribution in [3.8, 4) is 0 Å². The van der Waals surface area contributed by atoms with E-state index in [0.29, 0.717) is 11.8 Å². The molecule has 2 N–H and O–H groups in total. The molecule has 4 amide bonds. The second-order valence-electron chi connectivity index (χ2n) is 23.6. The van der Waals surface area contributed by atoms with Crippen LogP contribution in [0.15, 0.2) is 121 Å². The minimum absolute atomic E-state index is 0.174. The standard InChI is InChI=1S/2C29H42BrN2O3P/c2*1-21(2)20-24(36(30,22-16-12-10-13-17-22)23-18-14-11-15-19-23)31-26(33)25(28(3,4)5)32(9)27(34)35-29(6,7)8/h2*10-19,21,24-25H,20H2,1-9H3/p+2/t2*24?,25-/m11/s1. The fourth-order valence-corrected chi connectivity index (χ4v) is 19.7. The lowest BCUT2D eigenvalue weighted by molar-refractivity contribution is -0.130. The van der Waals surface area contributed by atoms with Crippen LogP contribution < -0.4 is 31.9 Å². The molecule has 0 radical (unpaired) electrons. The Morgan fingerprint density at radius 2 is 0.681 bits per heavy atom. The van der Waals surface area contributed by atoms with E-state index in [0.717, 1.165) is 34.1 Å². The van der Waals surface area contributed by atoms with Gasteiger partial charge in [0.15, 0.2) is 54.5 Å². The number of hydrogen-bond acceptors (Lipinski definition) is 6. The summed E-state index contributed by atoms with van der Waals surface area (Å²) < 4.78 is 11.2. The summed E-state index contributed by atoms with van der Waals surface area (Å²) in [6.07, 6.45) is 0.538. The number of likely N-dealkylation sites (N-methyl/N-ethyl adjacent to an activating group) is 2. The largest absolute Gasteiger partial charge is 0.444 e. The molecule has 0 aromatic heterocycles. The van der Waals surface area contributed by atoms with Crippen LogP contribution in [0.25, 0.3) is 0 Å².